The number of aryl methyl sites for hydroxylation is 1. The Labute approximate surface area is 209 Å². The molecule has 0 radical (unpaired) electrons. The number of hydrazine groups is 1. The zero-order valence-electron chi connectivity index (χ0n) is 20.2. The molecule has 5 heteroatoms. The molecule has 6 rings (SSSR count). The Bertz CT molecular complexity index is 1360. The maximum absolute atomic E-state index is 14.0. The summed E-state index contributed by atoms with van der Waals surface area (Å²) in [5, 5.41) is 4.75. The Balaban J connectivity index is 1.45. The van der Waals surface area contributed by atoms with Crippen molar-refractivity contribution in [2.45, 2.75) is 32.6 Å². The second-order valence-electron chi connectivity index (χ2n) is 9.78. The quantitative estimate of drug-likeness (QED) is 0.289. The van der Waals surface area contributed by atoms with Gasteiger partial charge >= 0.3 is 0 Å². The molecule has 1 saturated heterocycles. The summed E-state index contributed by atoms with van der Waals surface area (Å²) in [4.78, 5) is 0. The lowest BCUT2D eigenvalue weighted by atomic mass is 9.91. The smallest absolute Gasteiger partial charge is 0.159 e. The number of benzene rings is 4. The van der Waals surface area contributed by atoms with Crippen LogP contribution in [0.25, 0.3) is 22.3 Å². The Morgan fingerprint density at radius 1 is 0.556 bits per heavy atom. The lowest BCUT2D eigenvalue weighted by molar-refractivity contribution is 0.230. The van der Waals surface area contributed by atoms with Gasteiger partial charge in [0.15, 0.2) is 11.6 Å². The van der Waals surface area contributed by atoms with Crippen molar-refractivity contribution < 1.29 is 13.2 Å². The molecule has 0 amide bonds. The number of hydrogen-bond donors (Lipinski definition) is 0. The van der Waals surface area contributed by atoms with Crippen LogP contribution >= 0.6 is 0 Å². The van der Waals surface area contributed by atoms with Crippen LogP contribution in [-0.4, -0.2) is 18.1 Å². The maximum atomic E-state index is 14.0. The van der Waals surface area contributed by atoms with E-state index in [2.05, 4.69) is 40.3 Å². The van der Waals surface area contributed by atoms with Gasteiger partial charge in [0.2, 0.25) is 0 Å². The van der Waals surface area contributed by atoms with Crippen LogP contribution in [-0.2, 0) is 6.42 Å². The predicted octanol–water partition coefficient (Wildman–Crippen LogP) is 8.19. The summed E-state index contributed by atoms with van der Waals surface area (Å²) in [6.07, 6.45) is 4.27. The standard InChI is InChI=1S/C31H27F3N2/c1-20-15-21(5-9-27(20)32)22-7-11-30-25(16-22)18-26-17-23(24-6-10-28(33)29(34)19-24)8-12-31(26)36(30)35-13-3-2-4-14-35/h5-12,15-17,19H,2-4,13-14,18H2,1H3. The first kappa shape index (κ1) is 22.9. The highest BCUT2D eigenvalue weighted by Crippen LogP contribution is 2.43. The molecule has 0 unspecified atom stereocenters. The van der Waals surface area contributed by atoms with Crippen molar-refractivity contribution in [1.29, 1.82) is 0 Å². The van der Waals surface area contributed by atoms with Crippen molar-refractivity contribution in [3.8, 4) is 22.3 Å². The summed E-state index contributed by atoms with van der Waals surface area (Å²) in [6, 6.07) is 21.9. The third kappa shape index (κ3) is 4.07. The van der Waals surface area contributed by atoms with Crippen molar-refractivity contribution >= 4 is 11.4 Å². The monoisotopic (exact) mass is 484 g/mol. The first-order valence-corrected chi connectivity index (χ1v) is 12.5. The Kier molecular flexibility index (Phi) is 5.81. The van der Waals surface area contributed by atoms with Crippen LogP contribution in [0.1, 0.15) is 36.0 Å². The number of nitrogens with zero attached hydrogens (tertiary/aromatic N) is 2. The zero-order valence-corrected chi connectivity index (χ0v) is 20.2. The first-order chi connectivity index (χ1) is 17.5. The Morgan fingerprint density at radius 3 is 1.67 bits per heavy atom. The molecule has 4 aromatic carbocycles. The van der Waals surface area contributed by atoms with E-state index in [0.29, 0.717) is 11.1 Å². The molecule has 0 atom stereocenters. The summed E-state index contributed by atoms with van der Waals surface area (Å²) in [6.45, 7) is 3.76. The molecule has 0 N–H and O–H groups in total. The zero-order chi connectivity index (χ0) is 24.8. The second kappa shape index (κ2) is 9.14. The molecule has 36 heavy (non-hydrogen) atoms. The van der Waals surface area contributed by atoms with Crippen LogP contribution in [0.15, 0.2) is 72.8 Å². The van der Waals surface area contributed by atoms with E-state index in [-0.39, 0.29) is 5.82 Å². The van der Waals surface area contributed by atoms with Crippen molar-refractivity contribution in [1.82, 2.24) is 5.01 Å². The number of halogens is 3. The van der Waals surface area contributed by atoms with Gasteiger partial charge in [0.05, 0.1) is 11.4 Å². The van der Waals surface area contributed by atoms with E-state index in [0.717, 1.165) is 66.0 Å². The summed E-state index contributed by atoms with van der Waals surface area (Å²) in [5.41, 5.74) is 8.80. The van der Waals surface area contributed by atoms with E-state index >= 15 is 0 Å². The fourth-order valence-corrected chi connectivity index (χ4v) is 5.44. The average Bonchev–Trinajstić information content (AvgIpc) is 2.90. The van der Waals surface area contributed by atoms with Gasteiger partial charge < -0.3 is 0 Å². The summed E-state index contributed by atoms with van der Waals surface area (Å²) in [5.74, 6) is -1.89. The highest BCUT2D eigenvalue weighted by atomic mass is 19.2. The van der Waals surface area contributed by atoms with Gasteiger partial charge in [-0.25, -0.2) is 18.2 Å². The van der Waals surface area contributed by atoms with Crippen LogP contribution in [0.3, 0.4) is 0 Å². The fraction of sp³-hybridized carbons (Fsp3) is 0.226. The number of fused-ring (bicyclic) bond motifs is 2. The predicted molar refractivity (Wildman–Crippen MR) is 139 cm³/mol. The summed E-state index contributed by atoms with van der Waals surface area (Å²) in [7, 11) is 0. The van der Waals surface area contributed by atoms with Crippen LogP contribution in [0, 0.1) is 24.4 Å². The Hall–Kier alpha value is -3.57. The van der Waals surface area contributed by atoms with Crippen molar-refractivity contribution in [3.63, 3.8) is 0 Å². The van der Waals surface area contributed by atoms with E-state index in [1.54, 1.807) is 13.0 Å². The van der Waals surface area contributed by atoms with Gasteiger partial charge in [0.25, 0.3) is 0 Å². The van der Waals surface area contributed by atoms with Gasteiger partial charge in [-0.3, -0.25) is 5.01 Å². The average molecular weight is 485 g/mol. The van der Waals surface area contributed by atoms with Gasteiger partial charge in [0, 0.05) is 19.5 Å². The summed E-state index contributed by atoms with van der Waals surface area (Å²) < 4.78 is 41.4. The van der Waals surface area contributed by atoms with Crippen LogP contribution in [0.2, 0.25) is 0 Å². The first-order valence-electron chi connectivity index (χ1n) is 12.5. The minimum atomic E-state index is -0.843. The third-order valence-corrected chi connectivity index (χ3v) is 7.36. The normalized spacial score (nSPS) is 15.5. The highest BCUT2D eigenvalue weighted by molar-refractivity contribution is 5.80. The highest BCUT2D eigenvalue weighted by Gasteiger charge is 2.29. The van der Waals surface area contributed by atoms with Gasteiger partial charge in [-0.05, 0) is 107 Å². The van der Waals surface area contributed by atoms with E-state index in [9.17, 15) is 13.2 Å². The SMILES string of the molecule is Cc1cc(-c2ccc3c(c2)Cc2cc(-c4ccc(F)c(F)c4)ccc2N3N2CCCCC2)ccc1F. The molecule has 0 aliphatic carbocycles. The maximum Gasteiger partial charge on any atom is 0.159 e. The molecule has 2 nitrogen and oxygen atoms in total. The van der Waals surface area contributed by atoms with Gasteiger partial charge in [-0.15, -0.1) is 0 Å². The van der Waals surface area contributed by atoms with Crippen molar-refractivity contribution in [2.75, 3.05) is 18.1 Å². The molecule has 182 valence electrons. The van der Waals surface area contributed by atoms with Crippen molar-refractivity contribution in [2.24, 2.45) is 0 Å². The van der Waals surface area contributed by atoms with E-state index in [4.69, 9.17) is 0 Å². The number of piperidine rings is 1. The van der Waals surface area contributed by atoms with Crippen LogP contribution < -0.4 is 5.01 Å². The molecule has 2 heterocycles. The molecule has 2 aliphatic heterocycles. The molecular weight excluding hydrogens is 457 g/mol. The number of anilines is 2. The topological polar surface area (TPSA) is 6.48 Å². The van der Waals surface area contributed by atoms with Crippen molar-refractivity contribution in [3.05, 3.63) is 107 Å². The summed E-state index contributed by atoms with van der Waals surface area (Å²) >= 11 is 0. The molecule has 0 bridgehead atoms. The van der Waals surface area contributed by atoms with Gasteiger partial charge in [0.1, 0.15) is 5.82 Å². The fourth-order valence-electron chi connectivity index (χ4n) is 5.44. The second-order valence-corrected chi connectivity index (χ2v) is 9.78. The largest absolute Gasteiger partial charge is 0.274 e. The van der Waals surface area contributed by atoms with Gasteiger partial charge in [-0.2, -0.15) is 0 Å². The lowest BCUT2D eigenvalue weighted by Crippen LogP contribution is -2.44. The molecule has 0 saturated carbocycles. The van der Waals surface area contributed by atoms with Gasteiger partial charge in [-0.1, -0.05) is 30.7 Å². The van der Waals surface area contributed by atoms with E-state index < -0.39 is 11.6 Å². The van der Waals surface area contributed by atoms with Crippen LogP contribution in [0.5, 0.6) is 0 Å². The lowest BCUT2D eigenvalue weighted by Gasteiger charge is -2.43. The molecular formula is C31H27F3N2. The van der Waals surface area contributed by atoms with E-state index in [1.807, 2.05) is 18.2 Å². The Morgan fingerprint density at radius 2 is 1.08 bits per heavy atom. The molecule has 0 spiro atoms. The molecule has 1 fully saturated rings. The minimum Gasteiger partial charge on any atom is -0.274 e. The number of hydrogen-bond acceptors (Lipinski definition) is 2. The third-order valence-electron chi connectivity index (χ3n) is 7.36. The van der Waals surface area contributed by atoms with Crippen LogP contribution in [0.4, 0.5) is 24.5 Å². The molecule has 4 aromatic rings. The van der Waals surface area contributed by atoms with E-state index in [1.165, 1.54) is 30.2 Å². The number of rotatable bonds is 3. The minimum absolute atomic E-state index is 0.202. The molecule has 0 aromatic heterocycles. The molecule has 2 aliphatic rings.